The molecule has 1 amide bonds. The van der Waals surface area contributed by atoms with Crippen LogP contribution in [-0.2, 0) is 6.54 Å². The third-order valence-electron chi connectivity index (χ3n) is 4.03. The highest BCUT2D eigenvalue weighted by Crippen LogP contribution is 2.41. The number of nitrogens with one attached hydrogen (secondary N) is 1. The van der Waals surface area contributed by atoms with Gasteiger partial charge in [0.1, 0.15) is 5.69 Å². The molecule has 110 valence electrons. The molecule has 3 N–H and O–H groups in total. The second-order valence-corrected chi connectivity index (χ2v) is 5.64. The van der Waals surface area contributed by atoms with E-state index in [2.05, 4.69) is 17.4 Å². The van der Waals surface area contributed by atoms with Crippen molar-refractivity contribution >= 4 is 11.6 Å². The van der Waals surface area contributed by atoms with Gasteiger partial charge in [-0.25, -0.2) is 0 Å². The van der Waals surface area contributed by atoms with Crippen molar-refractivity contribution in [3.8, 4) is 0 Å². The van der Waals surface area contributed by atoms with Gasteiger partial charge in [-0.3, -0.25) is 4.79 Å². The smallest absolute Gasteiger partial charge is 0.268 e. The quantitative estimate of drug-likeness (QED) is 0.886. The van der Waals surface area contributed by atoms with Crippen LogP contribution in [0.4, 0.5) is 5.69 Å². The number of carbonyl (C=O) groups excluding carboxylic acids is 1. The van der Waals surface area contributed by atoms with E-state index in [4.69, 9.17) is 5.73 Å². The lowest BCUT2D eigenvalue weighted by Gasteiger charge is -2.19. The summed E-state index contributed by atoms with van der Waals surface area (Å²) in [7, 11) is 0. The Balaban J connectivity index is 1.81. The van der Waals surface area contributed by atoms with Crippen LogP contribution in [0.1, 0.15) is 41.9 Å². The summed E-state index contributed by atoms with van der Waals surface area (Å²) in [6.45, 7) is 2.74. The zero-order valence-corrected chi connectivity index (χ0v) is 12.3. The zero-order valence-electron chi connectivity index (χ0n) is 12.3. The predicted molar refractivity (Wildman–Crippen MR) is 83.9 cm³/mol. The van der Waals surface area contributed by atoms with Crippen molar-refractivity contribution in [3.05, 3.63) is 53.9 Å². The van der Waals surface area contributed by atoms with Crippen LogP contribution in [0.2, 0.25) is 0 Å². The highest BCUT2D eigenvalue weighted by Gasteiger charge is 2.33. The van der Waals surface area contributed by atoms with Crippen LogP contribution < -0.4 is 11.1 Å². The number of carbonyl (C=O) groups is 1. The first-order chi connectivity index (χ1) is 10.2. The van der Waals surface area contributed by atoms with Crippen LogP contribution in [0.25, 0.3) is 0 Å². The van der Waals surface area contributed by atoms with E-state index < -0.39 is 0 Å². The highest BCUT2D eigenvalue weighted by atomic mass is 16.2. The van der Waals surface area contributed by atoms with E-state index in [0.717, 1.165) is 6.54 Å². The first-order valence-electron chi connectivity index (χ1n) is 7.50. The van der Waals surface area contributed by atoms with Gasteiger partial charge >= 0.3 is 0 Å². The van der Waals surface area contributed by atoms with Gasteiger partial charge in [0.2, 0.25) is 0 Å². The van der Waals surface area contributed by atoms with E-state index >= 15 is 0 Å². The third-order valence-corrected chi connectivity index (χ3v) is 4.03. The van der Waals surface area contributed by atoms with E-state index in [1.54, 1.807) is 6.07 Å². The van der Waals surface area contributed by atoms with Gasteiger partial charge in [0.15, 0.2) is 0 Å². The zero-order chi connectivity index (χ0) is 14.8. The summed E-state index contributed by atoms with van der Waals surface area (Å²) in [5.41, 5.74) is 8.25. The molecule has 1 fully saturated rings. The Morgan fingerprint density at radius 3 is 2.71 bits per heavy atom. The molecule has 2 aromatic rings. The number of anilines is 1. The third kappa shape index (κ3) is 2.94. The Bertz CT molecular complexity index is 629. The van der Waals surface area contributed by atoms with Crippen LogP contribution in [0.15, 0.2) is 42.6 Å². The maximum absolute atomic E-state index is 12.6. The largest absolute Gasteiger partial charge is 0.397 e. The Hall–Kier alpha value is -2.23. The molecule has 3 rings (SSSR count). The molecule has 1 heterocycles. The van der Waals surface area contributed by atoms with E-state index in [1.807, 2.05) is 35.9 Å². The Kier molecular flexibility index (Phi) is 3.69. The number of nitrogens with zero attached hydrogens (tertiary/aromatic N) is 1. The molecule has 1 aliphatic rings. The van der Waals surface area contributed by atoms with Crippen molar-refractivity contribution in [2.45, 2.75) is 32.4 Å². The molecule has 1 saturated carbocycles. The molecule has 1 aromatic carbocycles. The SMILES string of the molecule is CCn1cc(N)cc1C(=O)NC(c1ccccc1)C1CC1. The second kappa shape index (κ2) is 5.64. The summed E-state index contributed by atoms with van der Waals surface area (Å²) >= 11 is 0. The molecular formula is C17H21N3O. The number of hydrogen-bond donors (Lipinski definition) is 2. The Labute approximate surface area is 125 Å². The first kappa shape index (κ1) is 13.7. The van der Waals surface area contributed by atoms with Crippen molar-refractivity contribution < 1.29 is 4.79 Å². The normalized spacial score (nSPS) is 15.7. The van der Waals surface area contributed by atoms with Gasteiger partial charge in [-0.2, -0.15) is 0 Å². The summed E-state index contributed by atoms with van der Waals surface area (Å²) in [5, 5.41) is 3.18. The molecule has 1 unspecified atom stereocenters. The molecule has 4 heteroatoms. The molecule has 21 heavy (non-hydrogen) atoms. The molecule has 0 aliphatic heterocycles. The minimum atomic E-state index is -0.0469. The lowest BCUT2D eigenvalue weighted by atomic mass is 10.0. The van der Waals surface area contributed by atoms with Crippen LogP contribution in [0, 0.1) is 5.92 Å². The van der Waals surface area contributed by atoms with Crippen molar-refractivity contribution in [2.24, 2.45) is 5.92 Å². The Morgan fingerprint density at radius 2 is 2.10 bits per heavy atom. The molecule has 4 nitrogen and oxygen atoms in total. The van der Waals surface area contributed by atoms with Crippen LogP contribution in [0.3, 0.4) is 0 Å². The van der Waals surface area contributed by atoms with Gasteiger partial charge in [0.25, 0.3) is 5.91 Å². The topological polar surface area (TPSA) is 60.0 Å². The van der Waals surface area contributed by atoms with E-state index in [-0.39, 0.29) is 11.9 Å². The fourth-order valence-electron chi connectivity index (χ4n) is 2.76. The van der Waals surface area contributed by atoms with Crippen LogP contribution >= 0.6 is 0 Å². The highest BCUT2D eigenvalue weighted by molar-refractivity contribution is 5.94. The number of hydrogen-bond acceptors (Lipinski definition) is 2. The van der Waals surface area contributed by atoms with Crippen LogP contribution in [-0.4, -0.2) is 10.5 Å². The molecule has 1 aromatic heterocycles. The van der Waals surface area contributed by atoms with Gasteiger partial charge in [-0.15, -0.1) is 0 Å². The van der Waals surface area contributed by atoms with E-state index in [1.165, 1.54) is 18.4 Å². The van der Waals surface area contributed by atoms with Gasteiger partial charge < -0.3 is 15.6 Å². The van der Waals surface area contributed by atoms with Crippen molar-refractivity contribution in [2.75, 3.05) is 5.73 Å². The van der Waals surface area contributed by atoms with Gasteiger partial charge in [0, 0.05) is 12.7 Å². The number of benzene rings is 1. The maximum atomic E-state index is 12.6. The lowest BCUT2D eigenvalue weighted by molar-refractivity contribution is 0.0922. The lowest BCUT2D eigenvalue weighted by Crippen LogP contribution is -2.31. The Morgan fingerprint density at radius 1 is 1.38 bits per heavy atom. The number of nitrogen functional groups attached to an aromatic ring is 1. The maximum Gasteiger partial charge on any atom is 0.268 e. The second-order valence-electron chi connectivity index (χ2n) is 5.64. The number of aromatic nitrogens is 1. The van der Waals surface area contributed by atoms with Crippen molar-refractivity contribution in [3.63, 3.8) is 0 Å². The molecule has 1 atom stereocenters. The van der Waals surface area contributed by atoms with Gasteiger partial charge in [-0.1, -0.05) is 30.3 Å². The van der Waals surface area contributed by atoms with Gasteiger partial charge in [-0.05, 0) is 37.3 Å². The number of nitrogens with two attached hydrogens (primary N) is 1. The predicted octanol–water partition coefficient (Wildman–Crippen LogP) is 2.97. The summed E-state index contributed by atoms with van der Waals surface area (Å²) < 4.78 is 1.89. The van der Waals surface area contributed by atoms with Crippen molar-refractivity contribution in [1.82, 2.24) is 9.88 Å². The molecule has 0 radical (unpaired) electrons. The minimum absolute atomic E-state index is 0.0469. The fraction of sp³-hybridized carbons (Fsp3) is 0.353. The fourth-order valence-corrected chi connectivity index (χ4v) is 2.76. The van der Waals surface area contributed by atoms with Crippen LogP contribution in [0.5, 0.6) is 0 Å². The molecule has 0 bridgehead atoms. The summed E-state index contributed by atoms with van der Waals surface area (Å²) in [5.74, 6) is 0.507. The molecule has 0 spiro atoms. The average Bonchev–Trinajstić information content (AvgIpc) is 3.27. The minimum Gasteiger partial charge on any atom is -0.397 e. The molecular weight excluding hydrogens is 262 g/mol. The summed E-state index contributed by atoms with van der Waals surface area (Å²) in [6.07, 6.45) is 4.16. The first-order valence-corrected chi connectivity index (χ1v) is 7.50. The van der Waals surface area contributed by atoms with Crippen molar-refractivity contribution in [1.29, 1.82) is 0 Å². The summed E-state index contributed by atoms with van der Waals surface area (Å²) in [6, 6.07) is 12.0. The van der Waals surface area contributed by atoms with Gasteiger partial charge in [0.05, 0.1) is 11.7 Å². The monoisotopic (exact) mass is 283 g/mol. The molecule has 1 aliphatic carbocycles. The number of rotatable bonds is 5. The van der Waals surface area contributed by atoms with E-state index in [9.17, 15) is 4.79 Å². The average molecular weight is 283 g/mol. The number of aryl methyl sites for hydroxylation is 1. The number of amides is 1. The van der Waals surface area contributed by atoms with E-state index in [0.29, 0.717) is 17.3 Å². The molecule has 0 saturated heterocycles. The standard InChI is InChI=1S/C17H21N3O/c1-2-20-11-14(18)10-15(20)17(21)19-16(13-8-9-13)12-6-4-3-5-7-12/h3-7,10-11,13,16H,2,8-9,18H2,1H3,(H,19,21). The summed E-state index contributed by atoms with van der Waals surface area (Å²) in [4.78, 5) is 12.6.